The van der Waals surface area contributed by atoms with Gasteiger partial charge in [-0.05, 0) is 45.8 Å². The molecule has 118 valence electrons. The minimum Gasteiger partial charge on any atom is -0.368 e. The van der Waals surface area contributed by atoms with Gasteiger partial charge in [0.1, 0.15) is 11.6 Å². The Balaban J connectivity index is 1.61. The number of hydrogen-bond donors (Lipinski definition) is 2. The molecule has 0 saturated carbocycles. The lowest BCUT2D eigenvalue weighted by atomic mass is 9.94. The fourth-order valence-electron chi connectivity index (χ4n) is 2.89. The maximum atomic E-state index is 4.63. The molecule has 2 N–H and O–H groups in total. The van der Waals surface area contributed by atoms with Crippen LogP contribution in [0.25, 0.3) is 0 Å². The number of nitrogens with one attached hydrogen (secondary N) is 2. The first kappa shape index (κ1) is 15.0. The van der Waals surface area contributed by atoms with Gasteiger partial charge in [-0.1, -0.05) is 0 Å². The van der Waals surface area contributed by atoms with Crippen LogP contribution in [0.15, 0.2) is 18.3 Å². The first-order valence-electron chi connectivity index (χ1n) is 8.01. The van der Waals surface area contributed by atoms with E-state index in [1.165, 1.54) is 5.69 Å². The van der Waals surface area contributed by atoms with Crippen LogP contribution in [0.2, 0.25) is 0 Å². The molecule has 1 saturated heterocycles. The van der Waals surface area contributed by atoms with Crippen LogP contribution in [0.4, 0.5) is 5.82 Å². The minimum atomic E-state index is 0.553. The third kappa shape index (κ3) is 3.82. The van der Waals surface area contributed by atoms with Crippen LogP contribution in [0.1, 0.15) is 36.0 Å². The van der Waals surface area contributed by atoms with Crippen molar-refractivity contribution in [3.8, 4) is 0 Å². The molecule has 1 aliphatic heterocycles. The predicted octanol–water partition coefficient (Wildman–Crippen LogP) is 1.87. The van der Waals surface area contributed by atoms with Crippen molar-refractivity contribution < 1.29 is 0 Å². The summed E-state index contributed by atoms with van der Waals surface area (Å²) < 4.78 is 1.95. The Morgan fingerprint density at radius 2 is 2.09 bits per heavy atom. The first-order valence-corrected chi connectivity index (χ1v) is 8.01. The van der Waals surface area contributed by atoms with Crippen LogP contribution >= 0.6 is 0 Å². The summed E-state index contributed by atoms with van der Waals surface area (Å²) in [5, 5.41) is 11.2. The van der Waals surface area contributed by atoms with Crippen LogP contribution in [-0.4, -0.2) is 39.4 Å². The number of aryl methyl sites for hydroxylation is 2. The summed E-state index contributed by atoms with van der Waals surface area (Å²) in [7, 11) is 0. The summed E-state index contributed by atoms with van der Waals surface area (Å²) in [6.45, 7) is 7.77. The topological polar surface area (TPSA) is 67.7 Å². The molecule has 22 heavy (non-hydrogen) atoms. The minimum absolute atomic E-state index is 0.553. The second-order valence-corrected chi connectivity index (χ2v) is 5.90. The molecule has 1 aliphatic rings. The first-order chi connectivity index (χ1) is 10.7. The highest BCUT2D eigenvalue weighted by Gasteiger charge is 2.17. The fraction of sp³-hybridized carbons (Fsp3) is 0.562. The third-order valence-electron chi connectivity index (χ3n) is 4.04. The molecular weight excluding hydrogens is 276 g/mol. The molecule has 0 spiro atoms. The number of anilines is 1. The zero-order chi connectivity index (χ0) is 15.4. The van der Waals surface area contributed by atoms with Crippen LogP contribution in [0.5, 0.6) is 0 Å². The lowest BCUT2D eigenvalue weighted by molar-refractivity contribution is 0.452. The number of aromatic nitrogens is 4. The Hall–Kier alpha value is -1.95. The normalized spacial score (nSPS) is 15.9. The molecule has 2 aromatic heterocycles. The molecule has 1 fully saturated rings. The molecular formula is C16H24N6. The number of piperidine rings is 1. The lowest BCUT2D eigenvalue weighted by Crippen LogP contribution is -2.27. The van der Waals surface area contributed by atoms with Gasteiger partial charge < -0.3 is 10.6 Å². The van der Waals surface area contributed by atoms with Crippen LogP contribution in [0.3, 0.4) is 0 Å². The highest BCUT2D eigenvalue weighted by atomic mass is 15.3. The van der Waals surface area contributed by atoms with Crippen LogP contribution in [0, 0.1) is 13.8 Å². The molecule has 0 atom stereocenters. The van der Waals surface area contributed by atoms with E-state index >= 15 is 0 Å². The van der Waals surface area contributed by atoms with Crippen molar-refractivity contribution in [1.29, 1.82) is 0 Å². The van der Waals surface area contributed by atoms with E-state index in [2.05, 4.69) is 31.8 Å². The Labute approximate surface area is 131 Å². The quantitative estimate of drug-likeness (QED) is 0.882. The molecule has 0 aliphatic carbocycles. The summed E-state index contributed by atoms with van der Waals surface area (Å²) in [4.78, 5) is 9.13. The monoisotopic (exact) mass is 300 g/mol. The zero-order valence-corrected chi connectivity index (χ0v) is 13.3. The Morgan fingerprint density at radius 1 is 1.27 bits per heavy atom. The van der Waals surface area contributed by atoms with Gasteiger partial charge in [0.05, 0.1) is 12.2 Å². The predicted molar refractivity (Wildman–Crippen MR) is 87.1 cm³/mol. The number of hydrogen-bond acceptors (Lipinski definition) is 5. The molecule has 0 amide bonds. The van der Waals surface area contributed by atoms with Gasteiger partial charge in [-0.2, -0.15) is 5.10 Å². The largest absolute Gasteiger partial charge is 0.368 e. The molecule has 6 heteroatoms. The summed E-state index contributed by atoms with van der Waals surface area (Å²) in [6.07, 6.45) is 4.31. The van der Waals surface area contributed by atoms with Gasteiger partial charge in [0.15, 0.2) is 0 Å². The van der Waals surface area contributed by atoms with Crippen molar-refractivity contribution >= 4 is 5.82 Å². The molecule has 3 rings (SSSR count). The molecule has 3 heterocycles. The summed E-state index contributed by atoms with van der Waals surface area (Å²) in [5.41, 5.74) is 2.22. The molecule has 0 aromatic carbocycles. The van der Waals surface area contributed by atoms with Gasteiger partial charge in [-0.15, -0.1) is 0 Å². The second-order valence-electron chi connectivity index (χ2n) is 5.90. The van der Waals surface area contributed by atoms with E-state index in [-0.39, 0.29) is 0 Å². The van der Waals surface area contributed by atoms with E-state index in [1.54, 1.807) is 0 Å². The SMILES string of the molecule is Cc1ccn(CCNc2cc(C3CCNCC3)nc(C)n2)n1. The standard InChI is InChI=1S/C16H24N6/c1-12-5-9-22(21-12)10-8-18-16-11-15(19-13(2)20-16)14-3-6-17-7-4-14/h5,9,11,14,17H,3-4,6-8,10H2,1-2H3,(H,18,19,20). The fourth-order valence-corrected chi connectivity index (χ4v) is 2.89. The van der Waals surface area contributed by atoms with Gasteiger partial charge in [-0.3, -0.25) is 4.68 Å². The van der Waals surface area contributed by atoms with E-state index in [9.17, 15) is 0 Å². The van der Waals surface area contributed by atoms with Gasteiger partial charge in [-0.25, -0.2) is 9.97 Å². The van der Waals surface area contributed by atoms with Gasteiger partial charge in [0.2, 0.25) is 0 Å². The van der Waals surface area contributed by atoms with Gasteiger partial charge in [0.25, 0.3) is 0 Å². The average Bonchev–Trinajstić information content (AvgIpc) is 2.93. The molecule has 6 nitrogen and oxygen atoms in total. The molecule has 0 radical (unpaired) electrons. The maximum Gasteiger partial charge on any atom is 0.129 e. The Kier molecular flexibility index (Phi) is 4.68. The maximum absolute atomic E-state index is 4.63. The van der Waals surface area contributed by atoms with Gasteiger partial charge in [0, 0.05) is 30.4 Å². The van der Waals surface area contributed by atoms with Crippen molar-refractivity contribution in [3.63, 3.8) is 0 Å². The highest BCUT2D eigenvalue weighted by Crippen LogP contribution is 2.24. The third-order valence-corrected chi connectivity index (χ3v) is 4.04. The van der Waals surface area contributed by atoms with Crippen molar-refractivity contribution in [3.05, 3.63) is 35.5 Å². The van der Waals surface area contributed by atoms with Crippen molar-refractivity contribution in [2.24, 2.45) is 0 Å². The zero-order valence-electron chi connectivity index (χ0n) is 13.3. The van der Waals surface area contributed by atoms with Gasteiger partial charge >= 0.3 is 0 Å². The summed E-state index contributed by atoms with van der Waals surface area (Å²) in [5.74, 6) is 2.32. The Morgan fingerprint density at radius 3 is 2.82 bits per heavy atom. The van der Waals surface area contributed by atoms with Crippen molar-refractivity contribution in [2.45, 2.75) is 39.2 Å². The summed E-state index contributed by atoms with van der Waals surface area (Å²) in [6, 6.07) is 4.13. The molecule has 2 aromatic rings. The lowest BCUT2D eigenvalue weighted by Gasteiger charge is -2.22. The second kappa shape index (κ2) is 6.87. The smallest absolute Gasteiger partial charge is 0.129 e. The average molecular weight is 300 g/mol. The van der Waals surface area contributed by atoms with Crippen LogP contribution in [-0.2, 0) is 6.54 Å². The van der Waals surface area contributed by atoms with E-state index in [0.717, 1.165) is 56.4 Å². The van der Waals surface area contributed by atoms with E-state index in [0.29, 0.717) is 5.92 Å². The van der Waals surface area contributed by atoms with Crippen molar-refractivity contribution in [2.75, 3.05) is 25.0 Å². The number of nitrogens with zero attached hydrogens (tertiary/aromatic N) is 4. The van der Waals surface area contributed by atoms with E-state index in [1.807, 2.05) is 30.8 Å². The number of rotatable bonds is 5. The van der Waals surface area contributed by atoms with E-state index in [4.69, 9.17) is 0 Å². The van der Waals surface area contributed by atoms with Crippen molar-refractivity contribution in [1.82, 2.24) is 25.1 Å². The summed E-state index contributed by atoms with van der Waals surface area (Å²) >= 11 is 0. The van der Waals surface area contributed by atoms with E-state index < -0.39 is 0 Å². The Bertz CT molecular complexity index is 615. The molecule has 0 bridgehead atoms. The highest BCUT2D eigenvalue weighted by molar-refractivity contribution is 5.37. The molecule has 0 unspecified atom stereocenters. The van der Waals surface area contributed by atoms with Crippen LogP contribution < -0.4 is 10.6 Å².